The van der Waals surface area contributed by atoms with Gasteiger partial charge < -0.3 is 14.8 Å². The quantitative estimate of drug-likeness (QED) is 0.641. The maximum atomic E-state index is 12.1. The number of ether oxygens (including phenoxy) is 2. The number of fused-ring (bicyclic) bond motifs is 1. The van der Waals surface area contributed by atoms with E-state index in [2.05, 4.69) is 15.8 Å². The van der Waals surface area contributed by atoms with Crippen LogP contribution in [0.5, 0.6) is 11.5 Å². The lowest BCUT2D eigenvalue weighted by molar-refractivity contribution is -0.120. The van der Waals surface area contributed by atoms with E-state index in [0.717, 1.165) is 5.56 Å². The van der Waals surface area contributed by atoms with Crippen LogP contribution in [-0.4, -0.2) is 30.9 Å². The standard InChI is InChI=1S/C18H17N3O4/c1-12(13-5-3-2-4-6-13)20-21-17(22)10-19-18(23)14-7-8-15-16(9-14)25-11-24-15/h2-9H,10-11H2,1H3,(H,19,23)(H,21,22). The molecule has 0 aliphatic carbocycles. The van der Waals surface area contributed by atoms with Gasteiger partial charge in [-0.05, 0) is 30.7 Å². The van der Waals surface area contributed by atoms with Crippen molar-refractivity contribution in [3.63, 3.8) is 0 Å². The summed E-state index contributed by atoms with van der Waals surface area (Å²) in [5, 5.41) is 6.56. The molecule has 0 saturated heterocycles. The van der Waals surface area contributed by atoms with Crippen LogP contribution in [0.1, 0.15) is 22.8 Å². The number of hydrogen-bond acceptors (Lipinski definition) is 5. The molecular weight excluding hydrogens is 322 g/mol. The normalized spacial score (nSPS) is 12.6. The third-order valence-corrected chi connectivity index (χ3v) is 3.58. The number of hydrazone groups is 1. The molecule has 1 aliphatic rings. The average molecular weight is 339 g/mol. The molecule has 25 heavy (non-hydrogen) atoms. The summed E-state index contributed by atoms with van der Waals surface area (Å²) < 4.78 is 10.4. The van der Waals surface area contributed by atoms with Gasteiger partial charge in [0.2, 0.25) is 6.79 Å². The van der Waals surface area contributed by atoms with Crippen molar-refractivity contribution in [3.8, 4) is 11.5 Å². The lowest BCUT2D eigenvalue weighted by Gasteiger charge is -2.06. The predicted molar refractivity (Wildman–Crippen MR) is 91.7 cm³/mol. The van der Waals surface area contributed by atoms with Crippen molar-refractivity contribution >= 4 is 17.5 Å². The number of carbonyl (C=O) groups is 2. The largest absolute Gasteiger partial charge is 0.454 e. The first-order chi connectivity index (χ1) is 12.1. The van der Waals surface area contributed by atoms with E-state index in [1.807, 2.05) is 30.3 Å². The molecule has 0 radical (unpaired) electrons. The fourth-order valence-electron chi connectivity index (χ4n) is 2.23. The fraction of sp³-hybridized carbons (Fsp3) is 0.167. The molecule has 128 valence electrons. The Bertz CT molecular complexity index is 818. The van der Waals surface area contributed by atoms with Crippen LogP contribution in [0.3, 0.4) is 0 Å². The molecule has 3 rings (SSSR count). The fourth-order valence-corrected chi connectivity index (χ4v) is 2.23. The Balaban J connectivity index is 1.51. The monoisotopic (exact) mass is 339 g/mol. The molecule has 2 N–H and O–H groups in total. The molecule has 0 spiro atoms. The second-order valence-corrected chi connectivity index (χ2v) is 5.35. The Labute approximate surface area is 144 Å². The van der Waals surface area contributed by atoms with Gasteiger partial charge in [0.25, 0.3) is 11.8 Å². The van der Waals surface area contributed by atoms with E-state index in [9.17, 15) is 9.59 Å². The van der Waals surface area contributed by atoms with E-state index in [1.54, 1.807) is 25.1 Å². The van der Waals surface area contributed by atoms with Gasteiger partial charge in [0.1, 0.15) is 0 Å². The molecule has 2 aromatic carbocycles. The summed E-state index contributed by atoms with van der Waals surface area (Å²) in [5.41, 5.74) is 4.40. The van der Waals surface area contributed by atoms with Crippen LogP contribution in [0.4, 0.5) is 0 Å². The minimum absolute atomic E-state index is 0.140. The summed E-state index contributed by atoms with van der Waals surface area (Å²) in [6.45, 7) is 1.75. The summed E-state index contributed by atoms with van der Waals surface area (Å²) in [5.74, 6) is 0.321. The first-order valence-electron chi connectivity index (χ1n) is 7.70. The van der Waals surface area contributed by atoms with Crippen LogP contribution in [-0.2, 0) is 4.79 Å². The van der Waals surface area contributed by atoms with Crippen LogP contribution < -0.4 is 20.2 Å². The summed E-state index contributed by atoms with van der Waals surface area (Å²) in [6, 6.07) is 14.3. The van der Waals surface area contributed by atoms with Gasteiger partial charge in [0.15, 0.2) is 11.5 Å². The Morgan fingerprint density at radius 3 is 2.60 bits per heavy atom. The highest BCUT2D eigenvalue weighted by molar-refractivity contribution is 6.00. The highest BCUT2D eigenvalue weighted by Crippen LogP contribution is 2.32. The van der Waals surface area contributed by atoms with Crippen molar-refractivity contribution in [2.75, 3.05) is 13.3 Å². The van der Waals surface area contributed by atoms with Crippen molar-refractivity contribution < 1.29 is 19.1 Å². The summed E-state index contributed by atoms with van der Waals surface area (Å²) in [6.07, 6.45) is 0. The molecule has 0 atom stereocenters. The minimum Gasteiger partial charge on any atom is -0.454 e. The molecule has 0 fully saturated rings. The molecule has 0 bridgehead atoms. The molecule has 1 aliphatic heterocycles. The number of nitrogens with zero attached hydrogens (tertiary/aromatic N) is 1. The van der Waals surface area contributed by atoms with Crippen LogP contribution >= 0.6 is 0 Å². The highest BCUT2D eigenvalue weighted by atomic mass is 16.7. The number of amides is 2. The number of benzene rings is 2. The van der Waals surface area contributed by atoms with E-state index in [0.29, 0.717) is 22.8 Å². The highest BCUT2D eigenvalue weighted by Gasteiger charge is 2.16. The second kappa shape index (κ2) is 7.48. The maximum absolute atomic E-state index is 12.1. The Morgan fingerprint density at radius 1 is 1.04 bits per heavy atom. The zero-order valence-electron chi connectivity index (χ0n) is 13.6. The van der Waals surface area contributed by atoms with E-state index < -0.39 is 5.91 Å². The summed E-state index contributed by atoms with van der Waals surface area (Å²) >= 11 is 0. The third-order valence-electron chi connectivity index (χ3n) is 3.58. The van der Waals surface area contributed by atoms with Crippen molar-refractivity contribution in [1.82, 2.24) is 10.7 Å². The van der Waals surface area contributed by atoms with Crippen LogP contribution in [0.15, 0.2) is 53.6 Å². The van der Waals surface area contributed by atoms with Gasteiger partial charge in [-0.25, -0.2) is 5.43 Å². The zero-order chi connectivity index (χ0) is 17.6. The number of carbonyl (C=O) groups excluding carboxylic acids is 2. The van der Waals surface area contributed by atoms with Crippen LogP contribution in [0.2, 0.25) is 0 Å². The average Bonchev–Trinajstić information content (AvgIpc) is 3.12. The van der Waals surface area contributed by atoms with Gasteiger partial charge in [0.05, 0.1) is 12.3 Å². The second-order valence-electron chi connectivity index (χ2n) is 5.35. The summed E-state index contributed by atoms with van der Waals surface area (Å²) in [4.78, 5) is 23.9. The lowest BCUT2D eigenvalue weighted by Crippen LogP contribution is -2.35. The molecule has 7 heteroatoms. The molecule has 2 amide bonds. The van der Waals surface area contributed by atoms with Gasteiger partial charge in [-0.2, -0.15) is 5.10 Å². The molecule has 7 nitrogen and oxygen atoms in total. The first-order valence-corrected chi connectivity index (χ1v) is 7.70. The van der Waals surface area contributed by atoms with Crippen LogP contribution in [0.25, 0.3) is 0 Å². The molecule has 2 aromatic rings. The third kappa shape index (κ3) is 4.14. The predicted octanol–water partition coefficient (Wildman–Crippen LogP) is 1.69. The number of rotatable bonds is 5. The van der Waals surface area contributed by atoms with Gasteiger partial charge in [-0.1, -0.05) is 30.3 Å². The lowest BCUT2D eigenvalue weighted by atomic mass is 10.1. The number of hydrogen-bond donors (Lipinski definition) is 2. The van der Waals surface area contributed by atoms with E-state index in [1.165, 1.54) is 0 Å². The minimum atomic E-state index is -0.413. The van der Waals surface area contributed by atoms with E-state index in [-0.39, 0.29) is 19.2 Å². The Morgan fingerprint density at radius 2 is 1.80 bits per heavy atom. The van der Waals surface area contributed by atoms with Gasteiger partial charge in [0, 0.05) is 5.56 Å². The van der Waals surface area contributed by atoms with E-state index >= 15 is 0 Å². The Kier molecular flexibility index (Phi) is 4.94. The smallest absolute Gasteiger partial charge is 0.259 e. The molecule has 0 aromatic heterocycles. The Hall–Kier alpha value is -3.35. The van der Waals surface area contributed by atoms with E-state index in [4.69, 9.17) is 9.47 Å². The zero-order valence-corrected chi connectivity index (χ0v) is 13.6. The van der Waals surface area contributed by atoms with Crippen LogP contribution in [0, 0.1) is 0 Å². The molecular formula is C18H17N3O4. The summed E-state index contributed by atoms with van der Waals surface area (Å²) in [7, 11) is 0. The first kappa shape index (κ1) is 16.5. The maximum Gasteiger partial charge on any atom is 0.259 e. The van der Waals surface area contributed by atoms with Crippen molar-refractivity contribution in [3.05, 3.63) is 59.7 Å². The van der Waals surface area contributed by atoms with Crippen molar-refractivity contribution in [2.24, 2.45) is 5.10 Å². The SMILES string of the molecule is CC(=NNC(=O)CNC(=O)c1ccc2c(c1)OCO2)c1ccccc1. The molecule has 1 heterocycles. The molecule has 0 saturated carbocycles. The van der Waals surface area contributed by atoms with Crippen molar-refractivity contribution in [1.29, 1.82) is 0 Å². The van der Waals surface area contributed by atoms with Crippen molar-refractivity contribution in [2.45, 2.75) is 6.92 Å². The van der Waals surface area contributed by atoms with Gasteiger partial charge in [-0.3, -0.25) is 9.59 Å². The van der Waals surface area contributed by atoms with Gasteiger partial charge in [-0.15, -0.1) is 0 Å². The molecule has 0 unspecified atom stereocenters. The number of nitrogens with one attached hydrogen (secondary N) is 2. The topological polar surface area (TPSA) is 89.0 Å². The van der Waals surface area contributed by atoms with Gasteiger partial charge >= 0.3 is 0 Å².